The van der Waals surface area contributed by atoms with Gasteiger partial charge in [-0.1, -0.05) is 29.8 Å². The highest BCUT2D eigenvalue weighted by Gasteiger charge is 2.12. The molecule has 2 nitrogen and oxygen atoms in total. The van der Waals surface area contributed by atoms with Gasteiger partial charge in [0.2, 0.25) is 5.91 Å². The molecule has 0 spiro atoms. The lowest BCUT2D eigenvalue weighted by molar-refractivity contribution is -0.120. The van der Waals surface area contributed by atoms with Gasteiger partial charge < -0.3 is 5.32 Å². The molecule has 0 saturated carbocycles. The molecule has 1 amide bonds. The first kappa shape index (κ1) is 14.8. The van der Waals surface area contributed by atoms with E-state index in [2.05, 4.69) is 43.9 Å². The molecule has 1 aromatic carbocycles. The van der Waals surface area contributed by atoms with E-state index in [4.69, 9.17) is 0 Å². The topological polar surface area (TPSA) is 29.1 Å². The van der Waals surface area contributed by atoms with E-state index in [-0.39, 0.29) is 11.2 Å². The Balaban J connectivity index is 2.51. The molecule has 0 aliphatic rings. The van der Waals surface area contributed by atoms with Gasteiger partial charge in [0, 0.05) is 12.3 Å². The van der Waals surface area contributed by atoms with Gasteiger partial charge in [0.1, 0.15) is 0 Å². The lowest BCUT2D eigenvalue weighted by Crippen LogP contribution is -2.30. The Labute approximate surface area is 114 Å². The molecular formula is C15H21NOS. The molecule has 18 heavy (non-hydrogen) atoms. The molecule has 0 radical (unpaired) electrons. The lowest BCUT2D eigenvalue weighted by Gasteiger charge is -2.12. The van der Waals surface area contributed by atoms with Crippen LogP contribution < -0.4 is 5.32 Å². The van der Waals surface area contributed by atoms with E-state index in [1.807, 2.05) is 6.92 Å². The van der Waals surface area contributed by atoms with Crippen LogP contribution in [0.15, 0.2) is 30.9 Å². The zero-order valence-corrected chi connectivity index (χ0v) is 12.1. The Hall–Kier alpha value is -1.22. The van der Waals surface area contributed by atoms with E-state index >= 15 is 0 Å². The van der Waals surface area contributed by atoms with Crippen LogP contribution in [0.1, 0.15) is 23.6 Å². The molecule has 0 heterocycles. The number of hydrogen-bond donors (Lipinski definition) is 1. The average molecular weight is 263 g/mol. The van der Waals surface area contributed by atoms with Crippen molar-refractivity contribution in [3.05, 3.63) is 47.5 Å². The molecule has 3 heteroatoms. The van der Waals surface area contributed by atoms with Gasteiger partial charge in [0.25, 0.3) is 0 Å². The van der Waals surface area contributed by atoms with E-state index in [0.29, 0.717) is 6.54 Å². The second kappa shape index (κ2) is 7.27. The summed E-state index contributed by atoms with van der Waals surface area (Å²) in [5.41, 5.74) is 3.86. The van der Waals surface area contributed by atoms with E-state index < -0.39 is 0 Å². The molecule has 1 atom stereocenters. The zero-order chi connectivity index (χ0) is 13.5. The highest BCUT2D eigenvalue weighted by atomic mass is 32.2. The van der Waals surface area contributed by atoms with Crippen LogP contribution in [0.5, 0.6) is 0 Å². The van der Waals surface area contributed by atoms with Crippen LogP contribution in [0.2, 0.25) is 0 Å². The Kier molecular flexibility index (Phi) is 5.99. The van der Waals surface area contributed by atoms with Crippen LogP contribution in [0, 0.1) is 13.8 Å². The van der Waals surface area contributed by atoms with Crippen LogP contribution in [-0.4, -0.2) is 17.7 Å². The third kappa shape index (κ3) is 4.57. The number of thioether (sulfide) groups is 1. The maximum absolute atomic E-state index is 11.7. The van der Waals surface area contributed by atoms with Gasteiger partial charge in [0.05, 0.1) is 5.25 Å². The predicted molar refractivity (Wildman–Crippen MR) is 79.9 cm³/mol. The van der Waals surface area contributed by atoms with E-state index in [9.17, 15) is 4.79 Å². The highest BCUT2D eigenvalue weighted by Crippen LogP contribution is 2.21. The number of amides is 1. The second-order valence-electron chi connectivity index (χ2n) is 4.42. The molecule has 0 saturated heterocycles. The maximum Gasteiger partial charge on any atom is 0.233 e. The molecular weight excluding hydrogens is 242 g/mol. The smallest absolute Gasteiger partial charge is 0.233 e. The fourth-order valence-corrected chi connectivity index (χ4v) is 2.54. The Morgan fingerprint density at radius 1 is 1.50 bits per heavy atom. The molecule has 1 aromatic rings. The van der Waals surface area contributed by atoms with Crippen molar-refractivity contribution in [2.24, 2.45) is 0 Å². The quantitative estimate of drug-likeness (QED) is 0.798. The van der Waals surface area contributed by atoms with Gasteiger partial charge >= 0.3 is 0 Å². The molecule has 0 aliphatic heterocycles. The number of benzene rings is 1. The predicted octanol–water partition coefficient (Wildman–Crippen LogP) is 3.23. The summed E-state index contributed by atoms with van der Waals surface area (Å²) in [6.45, 7) is 10.3. The molecule has 1 unspecified atom stereocenters. The van der Waals surface area contributed by atoms with E-state index in [0.717, 1.165) is 5.75 Å². The average Bonchev–Trinajstić information content (AvgIpc) is 2.36. The fourth-order valence-electron chi connectivity index (χ4n) is 1.56. The number of nitrogens with one attached hydrogen (secondary N) is 1. The minimum absolute atomic E-state index is 0.0372. The number of carbonyl (C=O) groups excluding carboxylic acids is 1. The summed E-state index contributed by atoms with van der Waals surface area (Å²) in [5.74, 6) is 0.945. The molecule has 0 aromatic heterocycles. The number of carbonyl (C=O) groups is 1. The summed E-state index contributed by atoms with van der Waals surface area (Å²) in [6, 6.07) is 6.44. The Morgan fingerprint density at radius 3 is 2.89 bits per heavy atom. The number of hydrogen-bond acceptors (Lipinski definition) is 2. The summed E-state index contributed by atoms with van der Waals surface area (Å²) < 4.78 is 0. The molecule has 1 rings (SSSR count). The van der Waals surface area contributed by atoms with Crippen LogP contribution in [0.25, 0.3) is 0 Å². The van der Waals surface area contributed by atoms with Crippen molar-refractivity contribution in [3.8, 4) is 0 Å². The minimum atomic E-state index is -0.0372. The van der Waals surface area contributed by atoms with Gasteiger partial charge in [-0.2, -0.15) is 0 Å². The van der Waals surface area contributed by atoms with Crippen LogP contribution >= 0.6 is 11.8 Å². The normalized spacial score (nSPS) is 11.9. The largest absolute Gasteiger partial charge is 0.352 e. The molecule has 1 N–H and O–H groups in total. The maximum atomic E-state index is 11.7. The number of aryl methyl sites for hydroxylation is 2. The van der Waals surface area contributed by atoms with Gasteiger partial charge in [-0.05, 0) is 31.9 Å². The SMILES string of the molecule is C=CCNC(=O)C(C)SCc1cc(C)ccc1C. The third-order valence-electron chi connectivity index (χ3n) is 2.78. The van der Waals surface area contributed by atoms with Gasteiger partial charge in [-0.25, -0.2) is 0 Å². The van der Waals surface area contributed by atoms with Crippen molar-refractivity contribution in [1.29, 1.82) is 0 Å². The molecule has 0 aliphatic carbocycles. The Bertz CT molecular complexity index is 429. The van der Waals surface area contributed by atoms with Crippen molar-refractivity contribution in [2.75, 3.05) is 6.54 Å². The fraction of sp³-hybridized carbons (Fsp3) is 0.400. The monoisotopic (exact) mass is 263 g/mol. The van der Waals surface area contributed by atoms with Gasteiger partial charge in [-0.15, -0.1) is 18.3 Å². The first-order chi connectivity index (χ1) is 8.54. The summed E-state index contributed by atoms with van der Waals surface area (Å²) in [6.07, 6.45) is 1.69. The van der Waals surface area contributed by atoms with E-state index in [1.165, 1.54) is 16.7 Å². The summed E-state index contributed by atoms with van der Waals surface area (Å²) >= 11 is 1.66. The van der Waals surface area contributed by atoms with Gasteiger partial charge in [-0.3, -0.25) is 4.79 Å². The van der Waals surface area contributed by atoms with Crippen molar-refractivity contribution < 1.29 is 4.79 Å². The van der Waals surface area contributed by atoms with Crippen LogP contribution in [0.3, 0.4) is 0 Å². The minimum Gasteiger partial charge on any atom is -0.352 e. The van der Waals surface area contributed by atoms with Crippen LogP contribution in [0.4, 0.5) is 0 Å². The molecule has 0 fully saturated rings. The van der Waals surface area contributed by atoms with E-state index in [1.54, 1.807) is 17.8 Å². The zero-order valence-electron chi connectivity index (χ0n) is 11.3. The standard InChI is InChI=1S/C15H21NOS/c1-5-8-16-15(17)13(4)18-10-14-9-11(2)6-7-12(14)3/h5-7,9,13H,1,8,10H2,2-4H3,(H,16,17). The molecule has 0 bridgehead atoms. The third-order valence-corrected chi connectivity index (χ3v) is 3.98. The van der Waals surface area contributed by atoms with Crippen molar-refractivity contribution in [2.45, 2.75) is 31.8 Å². The first-order valence-electron chi connectivity index (χ1n) is 6.11. The second-order valence-corrected chi connectivity index (χ2v) is 5.75. The van der Waals surface area contributed by atoms with Crippen molar-refractivity contribution in [1.82, 2.24) is 5.32 Å². The Morgan fingerprint density at radius 2 is 2.22 bits per heavy atom. The van der Waals surface area contributed by atoms with Crippen molar-refractivity contribution in [3.63, 3.8) is 0 Å². The summed E-state index contributed by atoms with van der Waals surface area (Å²) in [5, 5.41) is 2.78. The summed E-state index contributed by atoms with van der Waals surface area (Å²) in [4.78, 5) is 11.7. The molecule has 98 valence electrons. The van der Waals surface area contributed by atoms with Crippen LogP contribution in [-0.2, 0) is 10.5 Å². The highest BCUT2D eigenvalue weighted by molar-refractivity contribution is 7.99. The lowest BCUT2D eigenvalue weighted by atomic mass is 10.1. The van der Waals surface area contributed by atoms with Crippen molar-refractivity contribution >= 4 is 17.7 Å². The number of rotatable bonds is 6. The first-order valence-corrected chi connectivity index (χ1v) is 7.15. The summed E-state index contributed by atoms with van der Waals surface area (Å²) in [7, 11) is 0. The van der Waals surface area contributed by atoms with Gasteiger partial charge in [0.15, 0.2) is 0 Å².